The van der Waals surface area contributed by atoms with Gasteiger partial charge in [0.2, 0.25) is 5.95 Å². The summed E-state index contributed by atoms with van der Waals surface area (Å²) in [6, 6.07) is 9.17. The van der Waals surface area contributed by atoms with Crippen molar-refractivity contribution < 1.29 is 0 Å². The minimum absolute atomic E-state index is 0.398. The summed E-state index contributed by atoms with van der Waals surface area (Å²) in [6.07, 6.45) is 4.51. The molecule has 0 saturated carbocycles. The summed E-state index contributed by atoms with van der Waals surface area (Å²) >= 11 is 0. The van der Waals surface area contributed by atoms with Crippen LogP contribution in [0.4, 0.5) is 11.8 Å². The van der Waals surface area contributed by atoms with Gasteiger partial charge in [-0.1, -0.05) is 24.3 Å². The van der Waals surface area contributed by atoms with E-state index in [0.717, 1.165) is 56.3 Å². The van der Waals surface area contributed by atoms with Crippen LogP contribution in [0.3, 0.4) is 0 Å². The summed E-state index contributed by atoms with van der Waals surface area (Å²) in [4.78, 5) is 11.9. The lowest BCUT2D eigenvalue weighted by Crippen LogP contribution is -2.35. The number of nitrogens with one attached hydrogen (secondary N) is 1. The molecule has 0 bridgehead atoms. The molecule has 0 amide bonds. The highest BCUT2D eigenvalue weighted by molar-refractivity contribution is 5.74. The quantitative estimate of drug-likeness (QED) is 0.841. The first kappa shape index (κ1) is 14.2. The van der Waals surface area contributed by atoms with E-state index in [4.69, 9.17) is 10.7 Å². The second-order valence-electron chi connectivity index (χ2n) is 7.21. The minimum Gasteiger partial charge on any atom is -0.368 e. The molecule has 3 aliphatic rings. The van der Waals surface area contributed by atoms with Gasteiger partial charge in [-0.3, -0.25) is 0 Å². The first-order chi connectivity index (χ1) is 11.8. The minimum atomic E-state index is 0.398. The molecular weight excluding hydrogens is 298 g/mol. The third-order valence-corrected chi connectivity index (χ3v) is 5.87. The average molecular weight is 321 g/mol. The van der Waals surface area contributed by atoms with Crippen LogP contribution in [0.2, 0.25) is 0 Å². The van der Waals surface area contributed by atoms with Crippen molar-refractivity contribution in [1.29, 1.82) is 0 Å². The number of hydrogen-bond acceptors (Lipinski definition) is 5. The lowest BCUT2D eigenvalue weighted by atomic mass is 10.0. The number of nitrogens with zero attached hydrogens (tertiary/aromatic N) is 3. The zero-order valence-corrected chi connectivity index (χ0v) is 13.8. The van der Waals surface area contributed by atoms with Crippen LogP contribution in [-0.2, 0) is 12.8 Å². The number of rotatable bonds is 1. The number of benzene rings is 1. The second-order valence-corrected chi connectivity index (χ2v) is 7.21. The van der Waals surface area contributed by atoms with E-state index in [9.17, 15) is 0 Å². The van der Waals surface area contributed by atoms with Gasteiger partial charge >= 0.3 is 0 Å². The topological polar surface area (TPSA) is 67.1 Å². The second kappa shape index (κ2) is 5.45. The molecule has 1 aliphatic carbocycles. The molecule has 5 nitrogen and oxygen atoms in total. The van der Waals surface area contributed by atoms with Gasteiger partial charge in [0, 0.05) is 36.8 Å². The highest BCUT2D eigenvalue weighted by Gasteiger charge is 2.39. The Bertz CT molecular complexity index is 787. The zero-order valence-electron chi connectivity index (χ0n) is 13.8. The Morgan fingerprint density at radius 1 is 1.12 bits per heavy atom. The number of nitrogens with two attached hydrogens (primary N) is 1. The van der Waals surface area contributed by atoms with E-state index in [2.05, 4.69) is 39.5 Å². The lowest BCUT2D eigenvalue weighted by Gasteiger charge is -2.27. The third kappa shape index (κ3) is 2.11. The van der Waals surface area contributed by atoms with E-state index in [0.29, 0.717) is 12.0 Å². The van der Waals surface area contributed by atoms with Crippen molar-refractivity contribution in [2.75, 3.05) is 30.3 Å². The molecule has 124 valence electrons. The fourth-order valence-corrected chi connectivity index (χ4v) is 4.72. The Morgan fingerprint density at radius 3 is 3.00 bits per heavy atom. The maximum atomic E-state index is 6.13. The van der Waals surface area contributed by atoms with Crippen molar-refractivity contribution in [2.45, 2.75) is 31.7 Å². The molecule has 0 spiro atoms. The molecule has 24 heavy (non-hydrogen) atoms. The largest absolute Gasteiger partial charge is 0.368 e. The average Bonchev–Trinajstić information content (AvgIpc) is 3.15. The van der Waals surface area contributed by atoms with Gasteiger partial charge in [-0.25, -0.2) is 4.98 Å². The van der Waals surface area contributed by atoms with Gasteiger partial charge in [0.05, 0.1) is 5.69 Å². The molecule has 3 N–H and O–H groups in total. The monoisotopic (exact) mass is 321 g/mol. The summed E-state index contributed by atoms with van der Waals surface area (Å²) in [5.74, 6) is 2.23. The highest BCUT2D eigenvalue weighted by Crippen LogP contribution is 2.39. The first-order valence-electron chi connectivity index (χ1n) is 9.03. The number of anilines is 2. The SMILES string of the molecule is Nc1nc2c(c(N3CCC4CNCC43)n1)CCCc1ccccc1-2. The number of fused-ring (bicyclic) bond motifs is 4. The van der Waals surface area contributed by atoms with Crippen molar-refractivity contribution >= 4 is 11.8 Å². The Kier molecular flexibility index (Phi) is 3.23. The molecule has 3 heterocycles. The Hall–Kier alpha value is -2.14. The van der Waals surface area contributed by atoms with Crippen molar-refractivity contribution in [3.8, 4) is 11.3 Å². The van der Waals surface area contributed by atoms with Gasteiger partial charge < -0.3 is 16.0 Å². The van der Waals surface area contributed by atoms with Crippen molar-refractivity contribution in [3.63, 3.8) is 0 Å². The molecule has 2 unspecified atom stereocenters. The molecule has 2 atom stereocenters. The van der Waals surface area contributed by atoms with Crippen LogP contribution in [0.15, 0.2) is 24.3 Å². The molecule has 5 rings (SSSR count). The molecule has 2 saturated heterocycles. The standard InChI is InChI=1S/C19H23N5/c20-19-22-17-14-6-2-1-4-12(14)5-3-7-15(17)18(23-19)24-9-8-13-10-21-11-16(13)24/h1-2,4,6,13,16,21H,3,5,7-11H2,(H2,20,22,23). The molecule has 2 aromatic rings. The van der Waals surface area contributed by atoms with Crippen LogP contribution >= 0.6 is 0 Å². The van der Waals surface area contributed by atoms with E-state index in [1.54, 1.807) is 0 Å². The first-order valence-corrected chi connectivity index (χ1v) is 9.03. The maximum absolute atomic E-state index is 6.13. The molecule has 1 aromatic carbocycles. The smallest absolute Gasteiger partial charge is 0.222 e. The van der Waals surface area contributed by atoms with Gasteiger partial charge in [0.25, 0.3) is 0 Å². The summed E-state index contributed by atoms with van der Waals surface area (Å²) in [7, 11) is 0. The number of hydrogen-bond donors (Lipinski definition) is 2. The normalized spacial score (nSPS) is 25.1. The number of nitrogen functional groups attached to an aromatic ring is 1. The summed E-state index contributed by atoms with van der Waals surface area (Å²) in [5.41, 5.74) is 11.1. The van der Waals surface area contributed by atoms with Crippen LogP contribution < -0.4 is 16.0 Å². The Morgan fingerprint density at radius 2 is 2.04 bits per heavy atom. The van der Waals surface area contributed by atoms with E-state index >= 15 is 0 Å². The van der Waals surface area contributed by atoms with Gasteiger partial charge in [-0.05, 0) is 37.2 Å². The van der Waals surface area contributed by atoms with E-state index in [-0.39, 0.29) is 0 Å². The van der Waals surface area contributed by atoms with E-state index < -0.39 is 0 Å². The van der Waals surface area contributed by atoms with Crippen LogP contribution in [0.1, 0.15) is 24.0 Å². The fraction of sp³-hybridized carbons (Fsp3) is 0.474. The molecule has 1 aromatic heterocycles. The Labute approximate surface area is 142 Å². The van der Waals surface area contributed by atoms with Crippen LogP contribution in [0.5, 0.6) is 0 Å². The molecule has 0 radical (unpaired) electrons. The predicted octanol–water partition coefficient (Wildman–Crippen LogP) is 2.01. The number of aryl methyl sites for hydroxylation is 1. The molecule has 2 aliphatic heterocycles. The third-order valence-electron chi connectivity index (χ3n) is 5.87. The molecular formula is C19H23N5. The van der Waals surface area contributed by atoms with Crippen LogP contribution in [-0.4, -0.2) is 35.6 Å². The molecule has 5 heteroatoms. The van der Waals surface area contributed by atoms with Crippen molar-refractivity contribution in [1.82, 2.24) is 15.3 Å². The fourth-order valence-electron chi connectivity index (χ4n) is 4.72. The zero-order chi connectivity index (χ0) is 16.1. The van der Waals surface area contributed by atoms with Crippen LogP contribution in [0.25, 0.3) is 11.3 Å². The van der Waals surface area contributed by atoms with Gasteiger partial charge in [0.1, 0.15) is 5.82 Å². The predicted molar refractivity (Wildman–Crippen MR) is 96.0 cm³/mol. The van der Waals surface area contributed by atoms with Gasteiger partial charge in [0.15, 0.2) is 0 Å². The van der Waals surface area contributed by atoms with Crippen LogP contribution in [0, 0.1) is 5.92 Å². The summed E-state index contributed by atoms with van der Waals surface area (Å²) < 4.78 is 0. The lowest BCUT2D eigenvalue weighted by molar-refractivity contribution is 0.576. The Balaban J connectivity index is 1.67. The summed E-state index contributed by atoms with van der Waals surface area (Å²) in [6.45, 7) is 3.27. The van der Waals surface area contributed by atoms with Gasteiger partial charge in [-0.15, -0.1) is 0 Å². The van der Waals surface area contributed by atoms with Gasteiger partial charge in [-0.2, -0.15) is 4.98 Å². The van der Waals surface area contributed by atoms with Crippen molar-refractivity contribution in [2.24, 2.45) is 5.92 Å². The van der Waals surface area contributed by atoms with E-state index in [1.165, 1.54) is 23.1 Å². The van der Waals surface area contributed by atoms with Crippen molar-refractivity contribution in [3.05, 3.63) is 35.4 Å². The number of aromatic nitrogens is 2. The molecule has 2 fully saturated rings. The highest BCUT2D eigenvalue weighted by atomic mass is 15.3. The summed E-state index contributed by atoms with van der Waals surface area (Å²) in [5, 5.41) is 3.53. The maximum Gasteiger partial charge on any atom is 0.222 e. The van der Waals surface area contributed by atoms with E-state index in [1.807, 2.05) is 0 Å².